The van der Waals surface area contributed by atoms with Crippen LogP contribution in [0, 0.1) is 0 Å². The first-order valence-electron chi connectivity index (χ1n) is 12.8. The molecule has 9 nitrogen and oxygen atoms in total. The fraction of sp³-hybridized carbons (Fsp3) is 0.310. The van der Waals surface area contributed by atoms with Crippen molar-refractivity contribution in [1.82, 2.24) is 9.97 Å². The van der Waals surface area contributed by atoms with Crippen molar-refractivity contribution in [3.05, 3.63) is 70.7 Å². The number of Topliss-reactive ketones (excluding diaryl/α,β-unsaturated/α-hetero) is 1. The Balaban J connectivity index is 1.47. The maximum Gasteiger partial charge on any atom is 0.349 e. The van der Waals surface area contributed by atoms with Crippen LogP contribution >= 0.6 is 0 Å². The smallest absolute Gasteiger partial charge is 0.349 e. The van der Waals surface area contributed by atoms with Crippen LogP contribution in [0.25, 0.3) is 22.2 Å². The van der Waals surface area contributed by atoms with E-state index in [1.165, 1.54) is 6.92 Å². The summed E-state index contributed by atoms with van der Waals surface area (Å²) >= 11 is 0. The molecule has 0 bridgehead atoms. The highest BCUT2D eigenvalue weighted by atomic mass is 16.5. The minimum absolute atomic E-state index is 0.0657. The Hall–Kier alpha value is -4.24. The topological polar surface area (TPSA) is 107 Å². The van der Waals surface area contributed by atoms with Gasteiger partial charge in [0.25, 0.3) is 0 Å². The lowest BCUT2D eigenvalue weighted by atomic mass is 10.1. The van der Waals surface area contributed by atoms with Gasteiger partial charge < -0.3 is 24.1 Å². The van der Waals surface area contributed by atoms with Gasteiger partial charge in [0.1, 0.15) is 16.9 Å². The lowest BCUT2D eigenvalue weighted by Crippen LogP contribution is -2.38. The first kappa shape index (κ1) is 25.4. The van der Waals surface area contributed by atoms with Crippen molar-refractivity contribution in [1.29, 1.82) is 0 Å². The zero-order valence-corrected chi connectivity index (χ0v) is 21.5. The normalized spacial score (nSPS) is 13.5. The molecule has 1 aliphatic rings. The molecule has 5 rings (SSSR count). The number of ether oxygens (including phenoxy) is 2. The van der Waals surface area contributed by atoms with Crippen LogP contribution in [-0.2, 0) is 4.74 Å². The zero-order chi connectivity index (χ0) is 26.5. The lowest BCUT2D eigenvalue weighted by Gasteiger charge is -2.30. The molecule has 0 spiro atoms. The van der Waals surface area contributed by atoms with Gasteiger partial charge in [-0.1, -0.05) is 25.5 Å². The summed E-state index contributed by atoms with van der Waals surface area (Å²) in [6.07, 6.45) is 3.72. The third kappa shape index (κ3) is 5.38. The summed E-state index contributed by atoms with van der Waals surface area (Å²) in [5.41, 5.74) is 2.63. The number of fused-ring (bicyclic) bond motifs is 1. The first-order valence-corrected chi connectivity index (χ1v) is 12.8. The highest BCUT2D eigenvalue weighted by Gasteiger charge is 2.24. The maximum atomic E-state index is 12.8. The number of carbonyl (C=O) groups excluding carboxylic acids is 1. The van der Waals surface area contributed by atoms with E-state index in [1.807, 2.05) is 47.4 Å². The minimum Gasteiger partial charge on any atom is -0.493 e. The van der Waals surface area contributed by atoms with E-state index in [4.69, 9.17) is 18.9 Å². The number of anilines is 3. The Labute approximate surface area is 220 Å². The summed E-state index contributed by atoms with van der Waals surface area (Å²) in [6.45, 7) is 6.38. The number of benzene rings is 2. The van der Waals surface area contributed by atoms with E-state index >= 15 is 0 Å². The monoisotopic (exact) mass is 514 g/mol. The van der Waals surface area contributed by atoms with Gasteiger partial charge in [0, 0.05) is 42.0 Å². The van der Waals surface area contributed by atoms with Gasteiger partial charge >= 0.3 is 5.63 Å². The molecule has 1 fully saturated rings. The van der Waals surface area contributed by atoms with E-state index in [0.717, 1.165) is 29.8 Å². The second-order valence-corrected chi connectivity index (χ2v) is 9.07. The van der Waals surface area contributed by atoms with Gasteiger partial charge in [-0.3, -0.25) is 4.79 Å². The van der Waals surface area contributed by atoms with Crippen LogP contribution in [0.1, 0.15) is 37.0 Å². The van der Waals surface area contributed by atoms with Crippen molar-refractivity contribution in [3.8, 4) is 17.0 Å². The van der Waals surface area contributed by atoms with Crippen LogP contribution < -0.4 is 20.6 Å². The lowest BCUT2D eigenvalue weighted by molar-refractivity contribution is 0.101. The van der Waals surface area contributed by atoms with Crippen molar-refractivity contribution < 1.29 is 18.7 Å². The molecule has 0 amide bonds. The number of nitrogens with one attached hydrogen (secondary N) is 1. The average Bonchev–Trinajstić information content (AvgIpc) is 2.93. The highest BCUT2D eigenvalue weighted by molar-refractivity contribution is 6.07. The van der Waals surface area contributed by atoms with Gasteiger partial charge in [0.15, 0.2) is 5.78 Å². The van der Waals surface area contributed by atoms with Crippen LogP contribution in [0.2, 0.25) is 0 Å². The minimum atomic E-state index is -0.651. The van der Waals surface area contributed by atoms with Gasteiger partial charge in [0.2, 0.25) is 5.95 Å². The van der Waals surface area contributed by atoms with Crippen molar-refractivity contribution in [2.75, 3.05) is 43.1 Å². The fourth-order valence-corrected chi connectivity index (χ4v) is 4.52. The Bertz CT molecular complexity index is 1510. The predicted molar refractivity (Wildman–Crippen MR) is 147 cm³/mol. The van der Waals surface area contributed by atoms with Gasteiger partial charge in [0.05, 0.1) is 31.2 Å². The van der Waals surface area contributed by atoms with Crippen LogP contribution in [-0.4, -0.2) is 48.7 Å². The van der Waals surface area contributed by atoms with Gasteiger partial charge in [-0.2, -0.15) is 0 Å². The van der Waals surface area contributed by atoms with Crippen LogP contribution in [0.3, 0.4) is 0 Å². The molecule has 1 aliphatic heterocycles. The molecule has 0 radical (unpaired) electrons. The molecule has 0 saturated carbocycles. The standard InChI is InChI=1S/C29H30N4O5/c1-3-4-15-37-24-8-6-5-7-21(24)23-11-12-30-29(32-23)31-20-9-10-22-25(18-20)38-28(35)26(19(2)34)27(22)33-13-16-36-17-14-33/h5-12,18H,3-4,13-17H2,1-2H3,(H,30,31,32). The van der Waals surface area contributed by atoms with E-state index in [0.29, 0.717) is 61.2 Å². The summed E-state index contributed by atoms with van der Waals surface area (Å²) in [5.74, 6) is 0.838. The molecule has 0 unspecified atom stereocenters. The Morgan fingerprint density at radius 1 is 1.13 bits per heavy atom. The number of rotatable bonds is 9. The number of hydrogen-bond donors (Lipinski definition) is 1. The van der Waals surface area contributed by atoms with E-state index in [9.17, 15) is 9.59 Å². The number of hydrogen-bond acceptors (Lipinski definition) is 9. The molecule has 4 aromatic rings. The first-order chi connectivity index (χ1) is 18.5. The molecule has 0 atom stereocenters. The maximum absolute atomic E-state index is 12.8. The molecule has 38 heavy (non-hydrogen) atoms. The number of morpholine rings is 1. The van der Waals surface area contributed by atoms with Crippen LogP contribution in [0.5, 0.6) is 5.75 Å². The van der Waals surface area contributed by atoms with Crippen LogP contribution in [0.15, 0.2) is 63.9 Å². The summed E-state index contributed by atoms with van der Waals surface area (Å²) in [5, 5.41) is 3.90. The third-order valence-corrected chi connectivity index (χ3v) is 6.39. The molecule has 1 N–H and O–H groups in total. The second-order valence-electron chi connectivity index (χ2n) is 9.07. The molecule has 2 aromatic carbocycles. The molecular formula is C29H30N4O5. The number of carbonyl (C=O) groups is 1. The summed E-state index contributed by atoms with van der Waals surface area (Å²) in [7, 11) is 0. The number of para-hydroxylation sites is 1. The van der Waals surface area contributed by atoms with Crippen molar-refractivity contribution in [2.45, 2.75) is 26.7 Å². The van der Waals surface area contributed by atoms with Crippen molar-refractivity contribution >= 4 is 34.1 Å². The SMILES string of the molecule is CCCCOc1ccccc1-c1ccnc(Nc2ccc3c(N4CCOCC4)c(C(C)=O)c(=O)oc3c2)n1. The van der Waals surface area contributed by atoms with Crippen molar-refractivity contribution in [2.24, 2.45) is 0 Å². The third-order valence-electron chi connectivity index (χ3n) is 6.39. The largest absolute Gasteiger partial charge is 0.493 e. The van der Waals surface area contributed by atoms with Crippen molar-refractivity contribution in [3.63, 3.8) is 0 Å². The molecule has 196 valence electrons. The Kier molecular flexibility index (Phi) is 7.65. The predicted octanol–water partition coefficient (Wildman–Crippen LogP) is 5.21. The molecular weight excluding hydrogens is 484 g/mol. The zero-order valence-electron chi connectivity index (χ0n) is 21.5. The van der Waals surface area contributed by atoms with E-state index in [1.54, 1.807) is 12.3 Å². The number of nitrogens with zero attached hydrogens (tertiary/aromatic N) is 3. The van der Waals surface area contributed by atoms with E-state index in [-0.39, 0.29) is 11.3 Å². The fourth-order valence-electron chi connectivity index (χ4n) is 4.52. The van der Waals surface area contributed by atoms with Gasteiger partial charge in [-0.05, 0) is 43.7 Å². The Morgan fingerprint density at radius 2 is 1.95 bits per heavy atom. The second kappa shape index (κ2) is 11.4. The van der Waals surface area contributed by atoms with Crippen LogP contribution in [0.4, 0.5) is 17.3 Å². The Morgan fingerprint density at radius 3 is 2.74 bits per heavy atom. The number of unbranched alkanes of at least 4 members (excludes halogenated alkanes) is 1. The molecule has 3 heterocycles. The van der Waals surface area contributed by atoms with E-state index in [2.05, 4.69) is 17.2 Å². The average molecular weight is 515 g/mol. The molecule has 1 saturated heterocycles. The molecule has 2 aromatic heterocycles. The highest BCUT2D eigenvalue weighted by Crippen LogP contribution is 2.33. The van der Waals surface area contributed by atoms with Gasteiger partial charge in [-0.15, -0.1) is 0 Å². The molecule has 0 aliphatic carbocycles. The van der Waals surface area contributed by atoms with Gasteiger partial charge in [-0.25, -0.2) is 14.8 Å². The summed E-state index contributed by atoms with van der Waals surface area (Å²) < 4.78 is 17.0. The quantitative estimate of drug-likeness (QED) is 0.183. The number of ketones is 1. The summed E-state index contributed by atoms with van der Waals surface area (Å²) in [4.78, 5) is 36.3. The van der Waals surface area contributed by atoms with E-state index < -0.39 is 5.63 Å². The summed E-state index contributed by atoms with van der Waals surface area (Å²) in [6, 6.07) is 15.1. The molecule has 9 heteroatoms. The number of aromatic nitrogens is 2.